The Hall–Kier alpha value is -2.97. The summed E-state index contributed by atoms with van der Waals surface area (Å²) in [5.74, 6) is -3.52. The minimum atomic E-state index is -1.38. The van der Waals surface area contributed by atoms with Crippen molar-refractivity contribution in [2.75, 3.05) is 6.61 Å². The maximum Gasteiger partial charge on any atom is 0.370 e. The fraction of sp³-hybridized carbons (Fsp3) is 0.312. The summed E-state index contributed by atoms with van der Waals surface area (Å²) in [7, 11) is 0. The van der Waals surface area contributed by atoms with Gasteiger partial charge in [-0.2, -0.15) is 0 Å². The second kappa shape index (κ2) is 6.15. The van der Waals surface area contributed by atoms with E-state index < -0.39 is 35.2 Å². The van der Waals surface area contributed by atoms with Gasteiger partial charge in [-0.1, -0.05) is 5.16 Å². The molecule has 0 radical (unpaired) electrons. The summed E-state index contributed by atoms with van der Waals surface area (Å²) in [5.41, 5.74) is -0.954. The third-order valence-corrected chi connectivity index (χ3v) is 3.84. The van der Waals surface area contributed by atoms with Crippen molar-refractivity contribution in [2.45, 2.75) is 25.0 Å². The number of ether oxygens (including phenoxy) is 1. The summed E-state index contributed by atoms with van der Waals surface area (Å²) in [6, 6.07) is 2.32. The summed E-state index contributed by atoms with van der Waals surface area (Å²) in [6.07, 6.45) is 1.28. The van der Waals surface area contributed by atoms with Crippen LogP contribution in [-0.2, 0) is 19.2 Å². The quantitative estimate of drug-likeness (QED) is 0.852. The molecule has 1 aromatic carbocycles. The Morgan fingerprint density at radius 3 is 2.60 bits per heavy atom. The van der Waals surface area contributed by atoms with Gasteiger partial charge in [-0.3, -0.25) is 4.79 Å². The molecule has 1 amide bonds. The summed E-state index contributed by atoms with van der Waals surface area (Å²) < 4.78 is 31.6. The molecule has 0 bridgehead atoms. The van der Waals surface area contributed by atoms with E-state index in [0.29, 0.717) is 0 Å². The zero-order chi connectivity index (χ0) is 18.2. The molecule has 0 spiro atoms. The van der Waals surface area contributed by atoms with Crippen molar-refractivity contribution in [3.8, 4) is 0 Å². The highest BCUT2D eigenvalue weighted by Crippen LogP contribution is 2.28. The van der Waals surface area contributed by atoms with Crippen molar-refractivity contribution in [3.63, 3.8) is 0 Å². The molecule has 2 aliphatic heterocycles. The van der Waals surface area contributed by atoms with Gasteiger partial charge in [0.15, 0.2) is 0 Å². The lowest BCUT2D eigenvalue weighted by Crippen LogP contribution is -2.48. The van der Waals surface area contributed by atoms with E-state index in [1.54, 1.807) is 0 Å². The molecule has 3 rings (SSSR count). The van der Waals surface area contributed by atoms with Crippen LogP contribution in [0.2, 0.25) is 0 Å². The number of nitrogens with one attached hydrogen (secondary N) is 1. The lowest BCUT2D eigenvalue weighted by Gasteiger charge is -2.22. The Morgan fingerprint density at radius 2 is 2.00 bits per heavy atom. The van der Waals surface area contributed by atoms with E-state index >= 15 is 0 Å². The molecular weight excluding hydrogens is 338 g/mol. The first-order valence-corrected chi connectivity index (χ1v) is 7.37. The van der Waals surface area contributed by atoms with Crippen molar-refractivity contribution in [1.82, 2.24) is 5.32 Å². The van der Waals surface area contributed by atoms with Crippen molar-refractivity contribution in [2.24, 2.45) is 5.16 Å². The number of carbonyl (C=O) groups is 2. The smallest absolute Gasteiger partial charge is 0.370 e. The first-order chi connectivity index (χ1) is 11.8. The molecule has 1 aromatic rings. The molecule has 132 valence electrons. The highest BCUT2D eigenvalue weighted by atomic mass is 19.1. The summed E-state index contributed by atoms with van der Waals surface area (Å²) in [4.78, 5) is 28.4. The van der Waals surface area contributed by atoms with E-state index in [0.717, 1.165) is 18.2 Å². The van der Waals surface area contributed by atoms with Crippen LogP contribution in [0.3, 0.4) is 0 Å². The molecule has 2 aliphatic rings. The van der Waals surface area contributed by atoms with Crippen molar-refractivity contribution in [3.05, 3.63) is 47.2 Å². The van der Waals surface area contributed by atoms with Crippen LogP contribution in [-0.4, -0.2) is 40.9 Å². The van der Waals surface area contributed by atoms with Gasteiger partial charge in [-0.05, 0) is 25.1 Å². The molecule has 25 heavy (non-hydrogen) atoms. The van der Waals surface area contributed by atoms with Gasteiger partial charge in [-0.25, -0.2) is 13.6 Å². The van der Waals surface area contributed by atoms with Gasteiger partial charge in [0.1, 0.15) is 18.2 Å². The zero-order valence-electron chi connectivity index (χ0n) is 13.1. The van der Waals surface area contributed by atoms with Gasteiger partial charge in [0.05, 0.1) is 11.8 Å². The number of amides is 1. The van der Waals surface area contributed by atoms with Gasteiger partial charge in [0, 0.05) is 18.1 Å². The Balaban J connectivity index is 1.68. The number of hydrogen-bond acceptors (Lipinski definition) is 5. The predicted molar refractivity (Wildman–Crippen MR) is 80.6 cm³/mol. The molecule has 0 unspecified atom stereocenters. The highest BCUT2D eigenvalue weighted by molar-refractivity contribution is 6.05. The number of rotatable bonds is 4. The van der Waals surface area contributed by atoms with Gasteiger partial charge < -0.3 is 20.0 Å². The molecular formula is C16H14F2N2O5. The number of carbonyl (C=O) groups excluding carboxylic acids is 1. The van der Waals surface area contributed by atoms with Crippen molar-refractivity contribution >= 4 is 17.6 Å². The molecule has 0 aliphatic carbocycles. The topological polar surface area (TPSA) is 97.2 Å². The van der Waals surface area contributed by atoms with Crippen LogP contribution >= 0.6 is 0 Å². The van der Waals surface area contributed by atoms with Crippen LogP contribution in [0.25, 0.3) is 0 Å². The van der Waals surface area contributed by atoms with E-state index in [9.17, 15) is 18.4 Å². The Labute approximate surface area is 140 Å². The first-order valence-electron chi connectivity index (χ1n) is 7.37. The number of carboxylic acids is 1. The number of benzene rings is 1. The van der Waals surface area contributed by atoms with E-state index in [-0.39, 0.29) is 30.1 Å². The van der Waals surface area contributed by atoms with Crippen LogP contribution in [0.15, 0.2) is 35.2 Å². The molecule has 0 aromatic heterocycles. The monoisotopic (exact) mass is 352 g/mol. The molecule has 0 fully saturated rings. The highest BCUT2D eigenvalue weighted by Gasteiger charge is 2.43. The standard InChI is InChI=1S/C16H14F2N2O5/c1-16(15(23)19-11-5-13(14(21)22)24-7-11)6-12(20-25-16)8-2-9(17)4-10(18)3-8/h2-5,11H,6-7H2,1H3,(H,19,23)(H,21,22)/t11-,16-/m1/s1. The maximum absolute atomic E-state index is 13.3. The van der Waals surface area contributed by atoms with E-state index in [1.165, 1.54) is 13.0 Å². The number of hydrogen-bond donors (Lipinski definition) is 2. The average molecular weight is 352 g/mol. The maximum atomic E-state index is 13.3. The van der Waals surface area contributed by atoms with Crippen LogP contribution in [0.5, 0.6) is 0 Å². The number of aliphatic carboxylic acids is 1. The molecule has 0 saturated carbocycles. The third kappa shape index (κ3) is 3.44. The average Bonchev–Trinajstić information content (AvgIpc) is 3.14. The van der Waals surface area contributed by atoms with E-state index in [4.69, 9.17) is 14.7 Å². The second-order valence-electron chi connectivity index (χ2n) is 5.92. The summed E-state index contributed by atoms with van der Waals surface area (Å²) >= 11 is 0. The second-order valence-corrected chi connectivity index (χ2v) is 5.92. The lowest BCUT2D eigenvalue weighted by atomic mass is 9.94. The Bertz CT molecular complexity index is 787. The molecule has 2 N–H and O–H groups in total. The molecule has 9 heteroatoms. The van der Waals surface area contributed by atoms with Crippen LogP contribution < -0.4 is 5.32 Å². The molecule has 2 heterocycles. The van der Waals surface area contributed by atoms with Crippen LogP contribution in [0.1, 0.15) is 18.9 Å². The fourth-order valence-electron chi connectivity index (χ4n) is 2.53. The normalized spacial score (nSPS) is 24.8. The SMILES string of the molecule is C[C@]1(C(=O)N[C@@H]2C=C(C(=O)O)OC2)CC(c2cc(F)cc(F)c2)=NO1. The van der Waals surface area contributed by atoms with Gasteiger partial charge in [-0.15, -0.1) is 0 Å². The molecule has 2 atom stereocenters. The summed E-state index contributed by atoms with van der Waals surface area (Å²) in [5, 5.41) is 15.2. The largest absolute Gasteiger partial charge is 0.484 e. The fourth-order valence-corrected chi connectivity index (χ4v) is 2.53. The molecule has 7 nitrogen and oxygen atoms in total. The predicted octanol–water partition coefficient (Wildman–Crippen LogP) is 1.33. The zero-order valence-corrected chi connectivity index (χ0v) is 13.1. The lowest BCUT2D eigenvalue weighted by molar-refractivity contribution is -0.142. The van der Waals surface area contributed by atoms with Crippen molar-refractivity contribution < 1.29 is 33.1 Å². The van der Waals surface area contributed by atoms with Crippen molar-refractivity contribution in [1.29, 1.82) is 0 Å². The van der Waals surface area contributed by atoms with E-state index in [1.807, 2.05) is 0 Å². The van der Waals surface area contributed by atoms with Gasteiger partial charge in [0.2, 0.25) is 11.4 Å². The van der Waals surface area contributed by atoms with Gasteiger partial charge in [0.25, 0.3) is 5.91 Å². The number of nitrogens with zero attached hydrogens (tertiary/aromatic N) is 1. The minimum Gasteiger partial charge on any atom is -0.484 e. The first kappa shape index (κ1) is 16.9. The van der Waals surface area contributed by atoms with Crippen LogP contribution in [0.4, 0.5) is 8.78 Å². The number of carboxylic acid groups (broad SMARTS) is 1. The van der Waals surface area contributed by atoms with Gasteiger partial charge >= 0.3 is 5.97 Å². The third-order valence-electron chi connectivity index (χ3n) is 3.84. The molecule has 0 saturated heterocycles. The van der Waals surface area contributed by atoms with Crippen LogP contribution in [0, 0.1) is 11.6 Å². The Morgan fingerprint density at radius 1 is 1.32 bits per heavy atom. The van der Waals surface area contributed by atoms with E-state index in [2.05, 4.69) is 10.5 Å². The minimum absolute atomic E-state index is 0.00477. The number of halogens is 2. The Kier molecular flexibility index (Phi) is 4.15. The number of oxime groups is 1. The summed E-state index contributed by atoms with van der Waals surface area (Å²) in [6.45, 7) is 1.47.